The summed E-state index contributed by atoms with van der Waals surface area (Å²) in [5.41, 5.74) is 2.70. The number of hydrogen-bond donors (Lipinski definition) is 2. The largest absolute Gasteiger partial charge is 0.467 e. The van der Waals surface area contributed by atoms with E-state index in [0.29, 0.717) is 17.9 Å². The molecule has 2 heterocycles. The number of rotatable bonds is 6. The van der Waals surface area contributed by atoms with Gasteiger partial charge in [-0.15, -0.1) is 0 Å². The third kappa shape index (κ3) is 4.57. The molecule has 0 saturated carbocycles. The van der Waals surface area contributed by atoms with Crippen LogP contribution in [0.1, 0.15) is 37.7 Å². The standard InChI is InChI=1S/C20H19N3O3/c1-14-4-2-5-15(10-14)12-22-20(25)18-11-16(7-8-21-18)19(24)23-13-17-6-3-9-26-17/h2-11H,12-13H2,1H3,(H,22,25)(H,23,24). The van der Waals surface area contributed by atoms with Gasteiger partial charge in [0.1, 0.15) is 11.5 Å². The van der Waals surface area contributed by atoms with Crippen molar-refractivity contribution in [1.82, 2.24) is 15.6 Å². The zero-order valence-electron chi connectivity index (χ0n) is 14.4. The zero-order chi connectivity index (χ0) is 18.4. The van der Waals surface area contributed by atoms with E-state index in [0.717, 1.165) is 11.1 Å². The van der Waals surface area contributed by atoms with E-state index in [-0.39, 0.29) is 24.1 Å². The molecule has 0 unspecified atom stereocenters. The van der Waals surface area contributed by atoms with Gasteiger partial charge in [-0.3, -0.25) is 14.6 Å². The fourth-order valence-corrected chi connectivity index (χ4v) is 2.47. The summed E-state index contributed by atoms with van der Waals surface area (Å²) in [6, 6.07) is 14.5. The lowest BCUT2D eigenvalue weighted by atomic mass is 10.1. The Kier molecular flexibility index (Phi) is 5.43. The first-order valence-electron chi connectivity index (χ1n) is 8.22. The topological polar surface area (TPSA) is 84.2 Å². The summed E-state index contributed by atoms with van der Waals surface area (Å²) in [5.74, 6) is 0.0345. The van der Waals surface area contributed by atoms with E-state index in [1.165, 1.54) is 12.3 Å². The van der Waals surface area contributed by atoms with Gasteiger partial charge in [-0.2, -0.15) is 0 Å². The van der Waals surface area contributed by atoms with Crippen molar-refractivity contribution in [2.45, 2.75) is 20.0 Å². The Balaban J connectivity index is 1.60. The van der Waals surface area contributed by atoms with Gasteiger partial charge >= 0.3 is 0 Å². The molecule has 3 aromatic rings. The number of hydrogen-bond acceptors (Lipinski definition) is 4. The lowest BCUT2D eigenvalue weighted by Crippen LogP contribution is -2.26. The molecule has 0 bridgehead atoms. The van der Waals surface area contributed by atoms with E-state index in [1.807, 2.05) is 31.2 Å². The maximum atomic E-state index is 12.3. The summed E-state index contributed by atoms with van der Waals surface area (Å²) in [6.07, 6.45) is 2.99. The quantitative estimate of drug-likeness (QED) is 0.717. The average Bonchev–Trinajstić information content (AvgIpc) is 3.18. The Morgan fingerprint density at radius 1 is 1.00 bits per heavy atom. The van der Waals surface area contributed by atoms with Gasteiger partial charge in [0.15, 0.2) is 0 Å². The molecule has 0 spiro atoms. The molecule has 0 radical (unpaired) electrons. The van der Waals surface area contributed by atoms with Gasteiger partial charge in [0, 0.05) is 18.3 Å². The first kappa shape index (κ1) is 17.4. The van der Waals surface area contributed by atoms with Crippen LogP contribution in [-0.4, -0.2) is 16.8 Å². The number of carbonyl (C=O) groups excluding carboxylic acids is 2. The Morgan fingerprint density at radius 3 is 2.62 bits per heavy atom. The highest BCUT2D eigenvalue weighted by Crippen LogP contribution is 2.06. The Morgan fingerprint density at radius 2 is 1.85 bits per heavy atom. The summed E-state index contributed by atoms with van der Waals surface area (Å²) in [4.78, 5) is 28.6. The fraction of sp³-hybridized carbons (Fsp3) is 0.150. The second kappa shape index (κ2) is 8.11. The molecule has 0 saturated heterocycles. The molecule has 0 atom stereocenters. The van der Waals surface area contributed by atoms with Crippen LogP contribution in [0.15, 0.2) is 65.4 Å². The van der Waals surface area contributed by atoms with E-state index in [1.54, 1.807) is 24.5 Å². The molecule has 6 heteroatoms. The number of furan rings is 1. The molecule has 1 aromatic carbocycles. The molecule has 0 aliphatic rings. The second-order valence-electron chi connectivity index (χ2n) is 5.86. The molecule has 0 aliphatic carbocycles. The van der Waals surface area contributed by atoms with E-state index in [4.69, 9.17) is 4.42 Å². The number of aromatic nitrogens is 1. The molecule has 6 nitrogen and oxygen atoms in total. The molecule has 2 aromatic heterocycles. The first-order chi connectivity index (χ1) is 12.6. The SMILES string of the molecule is Cc1cccc(CNC(=O)c2cc(C(=O)NCc3ccco3)ccn2)c1. The normalized spacial score (nSPS) is 10.3. The lowest BCUT2D eigenvalue weighted by Gasteiger charge is -2.07. The highest BCUT2D eigenvalue weighted by molar-refractivity contribution is 5.98. The first-order valence-corrected chi connectivity index (χ1v) is 8.22. The second-order valence-corrected chi connectivity index (χ2v) is 5.86. The summed E-state index contributed by atoms with van der Waals surface area (Å²) in [5, 5.41) is 5.55. The van der Waals surface area contributed by atoms with Crippen LogP contribution >= 0.6 is 0 Å². The van der Waals surface area contributed by atoms with E-state index in [9.17, 15) is 9.59 Å². The maximum absolute atomic E-state index is 12.3. The number of pyridine rings is 1. The zero-order valence-corrected chi connectivity index (χ0v) is 14.4. The van der Waals surface area contributed by atoms with Crippen LogP contribution in [0, 0.1) is 6.92 Å². The monoisotopic (exact) mass is 349 g/mol. The van der Waals surface area contributed by atoms with Crippen LogP contribution in [0.4, 0.5) is 0 Å². The minimum atomic E-state index is -0.327. The molecular weight excluding hydrogens is 330 g/mol. The van der Waals surface area contributed by atoms with E-state index < -0.39 is 0 Å². The summed E-state index contributed by atoms with van der Waals surface area (Å²) >= 11 is 0. The molecule has 2 amide bonds. The number of aryl methyl sites for hydroxylation is 1. The third-order valence-electron chi connectivity index (χ3n) is 3.79. The smallest absolute Gasteiger partial charge is 0.270 e. The van der Waals surface area contributed by atoms with Crippen molar-refractivity contribution in [2.75, 3.05) is 0 Å². The van der Waals surface area contributed by atoms with E-state index >= 15 is 0 Å². The maximum Gasteiger partial charge on any atom is 0.270 e. The number of benzene rings is 1. The van der Waals surface area contributed by atoms with E-state index in [2.05, 4.69) is 15.6 Å². The van der Waals surface area contributed by atoms with Crippen LogP contribution in [0.5, 0.6) is 0 Å². The molecule has 132 valence electrons. The number of nitrogens with one attached hydrogen (secondary N) is 2. The lowest BCUT2D eigenvalue weighted by molar-refractivity contribution is 0.0946. The van der Waals surface area contributed by atoms with Gasteiger partial charge in [-0.05, 0) is 36.8 Å². The van der Waals surface area contributed by atoms with Crippen LogP contribution in [-0.2, 0) is 13.1 Å². The van der Waals surface area contributed by atoms with Crippen LogP contribution in [0.25, 0.3) is 0 Å². The van der Waals surface area contributed by atoms with Crippen molar-refractivity contribution < 1.29 is 14.0 Å². The number of amides is 2. The van der Waals surface area contributed by atoms with Crippen molar-refractivity contribution in [2.24, 2.45) is 0 Å². The minimum absolute atomic E-state index is 0.198. The molecule has 0 aliphatic heterocycles. The molecular formula is C20H19N3O3. The van der Waals surface area contributed by atoms with Crippen LogP contribution in [0.3, 0.4) is 0 Å². The van der Waals surface area contributed by atoms with Gasteiger partial charge in [0.25, 0.3) is 11.8 Å². The molecule has 0 fully saturated rings. The number of carbonyl (C=O) groups is 2. The molecule has 2 N–H and O–H groups in total. The average molecular weight is 349 g/mol. The Labute approximate surface area is 151 Å². The van der Waals surface area contributed by atoms with Gasteiger partial charge in [0.05, 0.1) is 12.8 Å². The van der Waals surface area contributed by atoms with Crippen molar-refractivity contribution >= 4 is 11.8 Å². The highest BCUT2D eigenvalue weighted by atomic mass is 16.3. The van der Waals surface area contributed by atoms with Gasteiger partial charge in [0.2, 0.25) is 0 Å². The van der Waals surface area contributed by atoms with Gasteiger partial charge < -0.3 is 15.1 Å². The third-order valence-corrected chi connectivity index (χ3v) is 3.79. The predicted octanol–water partition coefficient (Wildman–Crippen LogP) is 2.84. The summed E-state index contributed by atoms with van der Waals surface area (Å²) in [6.45, 7) is 2.68. The predicted molar refractivity (Wildman–Crippen MR) is 96.5 cm³/mol. The van der Waals surface area contributed by atoms with Crippen molar-refractivity contribution in [3.63, 3.8) is 0 Å². The number of nitrogens with zero attached hydrogens (tertiary/aromatic N) is 1. The van der Waals surface area contributed by atoms with Crippen LogP contribution < -0.4 is 10.6 Å². The van der Waals surface area contributed by atoms with Crippen molar-refractivity contribution in [1.29, 1.82) is 0 Å². The van der Waals surface area contributed by atoms with Gasteiger partial charge in [-0.25, -0.2) is 0 Å². The Bertz CT molecular complexity index is 904. The van der Waals surface area contributed by atoms with Crippen molar-refractivity contribution in [3.8, 4) is 0 Å². The van der Waals surface area contributed by atoms with Crippen molar-refractivity contribution in [3.05, 3.63) is 89.1 Å². The fourth-order valence-electron chi connectivity index (χ4n) is 2.47. The molecule has 3 rings (SSSR count). The van der Waals surface area contributed by atoms with Gasteiger partial charge in [-0.1, -0.05) is 29.8 Å². The summed E-state index contributed by atoms with van der Waals surface area (Å²) < 4.78 is 5.17. The summed E-state index contributed by atoms with van der Waals surface area (Å²) in [7, 11) is 0. The van der Waals surface area contributed by atoms with Crippen LogP contribution in [0.2, 0.25) is 0 Å². The highest BCUT2D eigenvalue weighted by Gasteiger charge is 2.12. The molecule has 26 heavy (non-hydrogen) atoms. The minimum Gasteiger partial charge on any atom is -0.467 e. The Hall–Kier alpha value is -3.41.